The van der Waals surface area contributed by atoms with Gasteiger partial charge < -0.3 is 4.57 Å². The van der Waals surface area contributed by atoms with Gasteiger partial charge in [-0.25, -0.2) is 0 Å². The Hall–Kier alpha value is -1.49. The Morgan fingerprint density at radius 2 is 2.25 bits per heavy atom. The highest BCUT2D eigenvalue weighted by Gasteiger charge is 2.08. The number of Topliss-reactive ketones (excluding diaryl/α,β-unsaturated/α-hetero) is 1. The first-order chi connectivity index (χ1) is 7.65. The van der Waals surface area contributed by atoms with Crippen LogP contribution in [0.4, 0.5) is 0 Å². The third kappa shape index (κ3) is 2.55. The first kappa shape index (κ1) is 11.0. The van der Waals surface area contributed by atoms with Crippen molar-refractivity contribution < 1.29 is 4.79 Å². The summed E-state index contributed by atoms with van der Waals surface area (Å²) in [6.07, 6.45) is 7.39. The van der Waals surface area contributed by atoms with Gasteiger partial charge in [0.1, 0.15) is 0 Å². The average Bonchev–Trinajstić information content (AvgIpc) is 2.84. The van der Waals surface area contributed by atoms with Crippen molar-refractivity contribution in [3.63, 3.8) is 0 Å². The first-order valence-electron chi connectivity index (χ1n) is 4.92. The fourth-order valence-electron chi connectivity index (χ4n) is 1.37. The van der Waals surface area contributed by atoms with Crippen LogP contribution in [0.25, 0.3) is 0 Å². The summed E-state index contributed by atoms with van der Waals surface area (Å²) in [4.78, 5) is 12.8. The monoisotopic (exact) mass is 235 g/mol. The molecular weight excluding hydrogens is 222 g/mol. The zero-order valence-corrected chi connectivity index (χ0v) is 10.1. The van der Waals surface area contributed by atoms with E-state index in [-0.39, 0.29) is 5.78 Å². The summed E-state index contributed by atoms with van der Waals surface area (Å²) >= 11 is 1.51. The van der Waals surface area contributed by atoms with Gasteiger partial charge in [0, 0.05) is 43.1 Å². The molecule has 2 rings (SSSR count). The van der Waals surface area contributed by atoms with Crippen LogP contribution in [0.2, 0.25) is 0 Å². The van der Waals surface area contributed by atoms with E-state index in [1.54, 1.807) is 10.9 Å². The molecule has 84 valence electrons. The maximum Gasteiger partial charge on any atom is 0.174 e. The standard InChI is InChI=1S/C11H13N3OS/c1-13-4-3-9(6-13)11(15)8-16-10-5-12-14(2)7-10/h3-7H,8H2,1-2H3. The summed E-state index contributed by atoms with van der Waals surface area (Å²) in [5.41, 5.74) is 0.763. The minimum atomic E-state index is 0.148. The van der Waals surface area contributed by atoms with E-state index in [1.165, 1.54) is 11.8 Å². The number of hydrogen-bond donors (Lipinski definition) is 0. The van der Waals surface area contributed by atoms with Gasteiger partial charge in [0.2, 0.25) is 0 Å². The highest BCUT2D eigenvalue weighted by molar-refractivity contribution is 8.00. The van der Waals surface area contributed by atoms with Gasteiger partial charge in [-0.15, -0.1) is 11.8 Å². The zero-order chi connectivity index (χ0) is 11.5. The van der Waals surface area contributed by atoms with Crippen LogP contribution in [0, 0.1) is 0 Å². The quantitative estimate of drug-likeness (QED) is 0.598. The molecular formula is C11H13N3OS. The van der Waals surface area contributed by atoms with Crippen molar-refractivity contribution in [3.05, 3.63) is 36.4 Å². The topological polar surface area (TPSA) is 39.8 Å². The van der Waals surface area contributed by atoms with Gasteiger partial charge in [-0.2, -0.15) is 5.10 Å². The van der Waals surface area contributed by atoms with Crippen LogP contribution in [0.5, 0.6) is 0 Å². The van der Waals surface area contributed by atoms with E-state index in [4.69, 9.17) is 0 Å². The minimum Gasteiger partial charge on any atom is -0.357 e. The van der Waals surface area contributed by atoms with Gasteiger partial charge in [-0.1, -0.05) is 0 Å². The molecule has 0 radical (unpaired) electrons. The molecule has 2 aromatic heterocycles. The highest BCUT2D eigenvalue weighted by atomic mass is 32.2. The average molecular weight is 235 g/mol. The van der Waals surface area contributed by atoms with Crippen LogP contribution in [-0.2, 0) is 14.1 Å². The van der Waals surface area contributed by atoms with E-state index < -0.39 is 0 Å². The number of aryl methyl sites for hydroxylation is 2. The summed E-state index contributed by atoms with van der Waals surface area (Å²) < 4.78 is 3.61. The molecule has 0 fully saturated rings. The molecule has 0 amide bonds. The van der Waals surface area contributed by atoms with E-state index in [2.05, 4.69) is 5.10 Å². The third-order valence-electron chi connectivity index (χ3n) is 2.21. The van der Waals surface area contributed by atoms with Crippen LogP contribution in [0.15, 0.2) is 35.7 Å². The van der Waals surface area contributed by atoms with Crippen molar-refractivity contribution in [2.75, 3.05) is 5.75 Å². The molecule has 0 aliphatic rings. The van der Waals surface area contributed by atoms with Crippen LogP contribution in [0.1, 0.15) is 10.4 Å². The van der Waals surface area contributed by atoms with Gasteiger partial charge in [0.25, 0.3) is 0 Å². The largest absolute Gasteiger partial charge is 0.357 e. The van der Waals surface area contributed by atoms with Crippen molar-refractivity contribution in [1.82, 2.24) is 14.3 Å². The molecule has 0 N–H and O–H groups in total. The van der Waals surface area contributed by atoms with Crippen LogP contribution < -0.4 is 0 Å². The Kier molecular flexibility index (Phi) is 3.14. The normalized spacial score (nSPS) is 10.6. The van der Waals surface area contributed by atoms with E-state index >= 15 is 0 Å². The van der Waals surface area contributed by atoms with Crippen LogP contribution >= 0.6 is 11.8 Å². The van der Waals surface area contributed by atoms with E-state index in [0.29, 0.717) is 5.75 Å². The molecule has 0 aromatic carbocycles. The number of hydrogen-bond acceptors (Lipinski definition) is 3. The number of ketones is 1. The SMILES string of the molecule is Cn1ccc(C(=O)CSc2cnn(C)c2)c1. The smallest absolute Gasteiger partial charge is 0.174 e. The number of carbonyl (C=O) groups is 1. The Labute approximate surface area is 98.3 Å². The van der Waals surface area contributed by atoms with Crippen molar-refractivity contribution >= 4 is 17.5 Å². The minimum absolute atomic E-state index is 0.148. The lowest BCUT2D eigenvalue weighted by atomic mass is 10.2. The molecule has 0 atom stereocenters. The lowest BCUT2D eigenvalue weighted by Gasteiger charge is -1.96. The number of carbonyl (C=O) groups excluding carboxylic acids is 1. The van der Waals surface area contributed by atoms with E-state index in [0.717, 1.165) is 10.5 Å². The highest BCUT2D eigenvalue weighted by Crippen LogP contribution is 2.17. The molecule has 0 saturated carbocycles. The maximum atomic E-state index is 11.8. The van der Waals surface area contributed by atoms with Gasteiger partial charge in [-0.05, 0) is 6.07 Å². The predicted molar refractivity (Wildman–Crippen MR) is 63.7 cm³/mol. The zero-order valence-electron chi connectivity index (χ0n) is 9.25. The van der Waals surface area contributed by atoms with Gasteiger partial charge >= 0.3 is 0 Å². The summed E-state index contributed by atoms with van der Waals surface area (Å²) in [5, 5.41) is 4.05. The summed E-state index contributed by atoms with van der Waals surface area (Å²) in [6.45, 7) is 0. The van der Waals surface area contributed by atoms with E-state index in [1.807, 2.05) is 43.3 Å². The summed E-state index contributed by atoms with van der Waals surface area (Å²) in [5.74, 6) is 0.602. The second-order valence-corrected chi connectivity index (χ2v) is 4.68. The Morgan fingerprint density at radius 3 is 2.81 bits per heavy atom. The van der Waals surface area contributed by atoms with E-state index in [9.17, 15) is 4.79 Å². The Morgan fingerprint density at radius 1 is 1.44 bits per heavy atom. The second-order valence-electron chi connectivity index (χ2n) is 3.63. The number of rotatable bonds is 4. The molecule has 0 spiro atoms. The fraction of sp³-hybridized carbons (Fsp3) is 0.273. The molecule has 0 unspecified atom stereocenters. The van der Waals surface area contributed by atoms with Crippen LogP contribution in [-0.4, -0.2) is 25.9 Å². The molecule has 0 bridgehead atoms. The lowest BCUT2D eigenvalue weighted by Crippen LogP contribution is -2.00. The van der Waals surface area contributed by atoms with Crippen molar-refractivity contribution in [3.8, 4) is 0 Å². The fourth-order valence-corrected chi connectivity index (χ4v) is 2.19. The van der Waals surface area contributed by atoms with Gasteiger partial charge in [0.05, 0.1) is 11.9 Å². The summed E-state index contributed by atoms with van der Waals surface area (Å²) in [6, 6.07) is 1.84. The molecule has 0 aliphatic carbocycles. The number of aromatic nitrogens is 3. The Balaban J connectivity index is 1.93. The molecule has 16 heavy (non-hydrogen) atoms. The maximum absolute atomic E-state index is 11.8. The molecule has 5 heteroatoms. The van der Waals surface area contributed by atoms with Crippen molar-refractivity contribution in [2.24, 2.45) is 14.1 Å². The third-order valence-corrected chi connectivity index (χ3v) is 3.16. The second kappa shape index (κ2) is 4.57. The number of nitrogens with zero attached hydrogens (tertiary/aromatic N) is 3. The number of thioether (sulfide) groups is 1. The molecule has 2 aromatic rings. The van der Waals surface area contributed by atoms with Crippen molar-refractivity contribution in [1.29, 1.82) is 0 Å². The first-order valence-corrected chi connectivity index (χ1v) is 5.90. The van der Waals surface area contributed by atoms with Gasteiger partial charge in [0.15, 0.2) is 5.78 Å². The Bertz CT molecular complexity index is 501. The molecule has 2 heterocycles. The molecule has 0 aliphatic heterocycles. The summed E-state index contributed by atoms with van der Waals surface area (Å²) in [7, 11) is 3.77. The van der Waals surface area contributed by atoms with Gasteiger partial charge in [-0.3, -0.25) is 9.48 Å². The van der Waals surface area contributed by atoms with Crippen molar-refractivity contribution in [2.45, 2.75) is 4.90 Å². The van der Waals surface area contributed by atoms with Crippen LogP contribution in [0.3, 0.4) is 0 Å². The predicted octanol–water partition coefficient (Wildman–Crippen LogP) is 1.73. The molecule has 4 nitrogen and oxygen atoms in total. The lowest BCUT2D eigenvalue weighted by molar-refractivity contribution is 0.102. The molecule has 0 saturated heterocycles.